The van der Waals surface area contributed by atoms with Crippen LogP contribution in [0.15, 0.2) is 48.5 Å². The standard InChI is InChI=1S/C21H20F4N4O3/c1-27(16-4-2-3-13(22)9-16)19(30)26-14-10-17-12-29(20(31)28(17)11-14)15-5-7-18(8-6-15)32-21(23,24)25/h2-9,14,17H,10-12H2,1H3,(H,26,30)/t14-,17+/m1/s1. The van der Waals surface area contributed by atoms with Crippen molar-refractivity contribution in [1.29, 1.82) is 0 Å². The number of carbonyl (C=O) groups is 2. The van der Waals surface area contributed by atoms with E-state index >= 15 is 0 Å². The highest BCUT2D eigenvalue weighted by Gasteiger charge is 2.45. The first kappa shape index (κ1) is 21.7. The van der Waals surface area contributed by atoms with Crippen molar-refractivity contribution in [3.63, 3.8) is 0 Å². The van der Waals surface area contributed by atoms with E-state index in [1.165, 1.54) is 47.2 Å². The fraction of sp³-hybridized carbons (Fsp3) is 0.333. The molecule has 2 aliphatic heterocycles. The second-order valence-corrected chi connectivity index (χ2v) is 7.66. The number of amides is 4. The molecule has 4 rings (SSSR count). The molecule has 2 fully saturated rings. The van der Waals surface area contributed by atoms with Gasteiger partial charge >= 0.3 is 18.4 Å². The topological polar surface area (TPSA) is 65.1 Å². The molecule has 0 unspecified atom stereocenters. The van der Waals surface area contributed by atoms with E-state index < -0.39 is 18.2 Å². The summed E-state index contributed by atoms with van der Waals surface area (Å²) in [6.07, 6.45) is -4.25. The summed E-state index contributed by atoms with van der Waals surface area (Å²) in [5.74, 6) is -0.814. The van der Waals surface area contributed by atoms with Gasteiger partial charge in [0.25, 0.3) is 0 Å². The number of urea groups is 2. The summed E-state index contributed by atoms with van der Waals surface area (Å²) in [7, 11) is 1.53. The minimum absolute atomic E-state index is 0.140. The first-order chi connectivity index (χ1) is 15.1. The van der Waals surface area contributed by atoms with Crippen molar-refractivity contribution in [2.75, 3.05) is 29.9 Å². The van der Waals surface area contributed by atoms with Crippen molar-refractivity contribution in [2.24, 2.45) is 0 Å². The molecule has 2 aromatic rings. The molecule has 170 valence electrons. The predicted molar refractivity (Wildman–Crippen MR) is 108 cm³/mol. The van der Waals surface area contributed by atoms with Crippen molar-refractivity contribution in [3.05, 3.63) is 54.3 Å². The Hall–Kier alpha value is -3.50. The van der Waals surface area contributed by atoms with E-state index in [1.54, 1.807) is 11.0 Å². The molecule has 0 bridgehead atoms. The van der Waals surface area contributed by atoms with Crippen molar-refractivity contribution < 1.29 is 31.9 Å². The fourth-order valence-corrected chi connectivity index (χ4v) is 3.99. The zero-order valence-electron chi connectivity index (χ0n) is 17.0. The lowest BCUT2D eigenvalue weighted by Gasteiger charge is -2.23. The highest BCUT2D eigenvalue weighted by molar-refractivity contribution is 5.95. The Morgan fingerprint density at radius 1 is 1.16 bits per heavy atom. The number of ether oxygens (including phenoxy) is 1. The molecule has 2 aromatic carbocycles. The van der Waals surface area contributed by atoms with E-state index in [-0.39, 0.29) is 23.9 Å². The fourth-order valence-electron chi connectivity index (χ4n) is 3.99. The van der Waals surface area contributed by atoms with E-state index in [0.29, 0.717) is 30.9 Å². The van der Waals surface area contributed by atoms with Crippen LogP contribution in [0, 0.1) is 5.82 Å². The maximum absolute atomic E-state index is 13.4. The lowest BCUT2D eigenvalue weighted by molar-refractivity contribution is -0.274. The van der Waals surface area contributed by atoms with Crippen LogP contribution in [0.25, 0.3) is 0 Å². The average molecular weight is 452 g/mol. The number of benzene rings is 2. The van der Waals surface area contributed by atoms with E-state index in [9.17, 15) is 27.2 Å². The van der Waals surface area contributed by atoms with Gasteiger partial charge in [0.1, 0.15) is 11.6 Å². The molecule has 2 aliphatic rings. The number of hydrogen-bond acceptors (Lipinski definition) is 3. The van der Waals surface area contributed by atoms with E-state index in [4.69, 9.17) is 0 Å². The summed E-state index contributed by atoms with van der Waals surface area (Å²) < 4.78 is 54.2. The number of hydrogen-bond donors (Lipinski definition) is 1. The third kappa shape index (κ3) is 4.56. The number of alkyl halides is 3. The Kier molecular flexibility index (Phi) is 5.57. The maximum atomic E-state index is 13.4. The normalized spacial score (nSPS) is 20.3. The molecule has 2 atom stereocenters. The second kappa shape index (κ2) is 8.21. The molecule has 2 saturated heterocycles. The van der Waals surface area contributed by atoms with Gasteiger partial charge in [0.05, 0.1) is 12.1 Å². The van der Waals surface area contributed by atoms with Crippen LogP contribution in [0.5, 0.6) is 5.75 Å². The molecule has 2 heterocycles. The summed E-state index contributed by atoms with van der Waals surface area (Å²) in [5, 5.41) is 2.86. The molecule has 0 aromatic heterocycles. The smallest absolute Gasteiger partial charge is 0.406 e. The second-order valence-electron chi connectivity index (χ2n) is 7.66. The van der Waals surface area contributed by atoms with E-state index in [2.05, 4.69) is 10.1 Å². The van der Waals surface area contributed by atoms with Gasteiger partial charge in [-0.1, -0.05) is 6.07 Å². The summed E-state index contributed by atoms with van der Waals surface area (Å²) in [6, 6.07) is 9.67. The zero-order valence-corrected chi connectivity index (χ0v) is 17.0. The molecule has 0 radical (unpaired) electrons. The molecule has 0 spiro atoms. The molecule has 4 amide bonds. The van der Waals surface area contributed by atoms with E-state index in [0.717, 1.165) is 12.1 Å². The Balaban J connectivity index is 1.35. The Bertz CT molecular complexity index is 1010. The number of carbonyl (C=O) groups excluding carboxylic acids is 2. The molecule has 0 saturated carbocycles. The van der Waals surface area contributed by atoms with Gasteiger partial charge in [-0.2, -0.15) is 0 Å². The van der Waals surface area contributed by atoms with Gasteiger partial charge in [0, 0.05) is 31.5 Å². The third-order valence-electron chi connectivity index (χ3n) is 5.49. The molecule has 1 N–H and O–H groups in total. The highest BCUT2D eigenvalue weighted by atomic mass is 19.4. The van der Waals surface area contributed by atoms with Gasteiger partial charge in [-0.05, 0) is 48.9 Å². The number of nitrogens with zero attached hydrogens (tertiary/aromatic N) is 3. The lowest BCUT2D eigenvalue weighted by atomic mass is 10.1. The van der Waals surface area contributed by atoms with Crippen molar-refractivity contribution in [1.82, 2.24) is 10.2 Å². The maximum Gasteiger partial charge on any atom is 0.573 e. The zero-order chi connectivity index (χ0) is 23.0. The van der Waals surface area contributed by atoms with Gasteiger partial charge < -0.3 is 15.0 Å². The monoisotopic (exact) mass is 452 g/mol. The number of fused-ring (bicyclic) bond motifs is 1. The van der Waals surface area contributed by atoms with Crippen molar-refractivity contribution >= 4 is 23.4 Å². The summed E-state index contributed by atoms with van der Waals surface area (Å²) in [5.41, 5.74) is 0.867. The van der Waals surface area contributed by atoms with Crippen LogP contribution < -0.4 is 19.9 Å². The van der Waals surface area contributed by atoms with Gasteiger partial charge in [0.15, 0.2) is 0 Å². The number of halogens is 4. The molecular formula is C21H20F4N4O3. The minimum Gasteiger partial charge on any atom is -0.406 e. The van der Waals surface area contributed by atoms with Gasteiger partial charge in [-0.15, -0.1) is 13.2 Å². The Morgan fingerprint density at radius 3 is 2.50 bits per heavy atom. The molecular weight excluding hydrogens is 432 g/mol. The molecule has 0 aliphatic carbocycles. The molecule has 11 heteroatoms. The Morgan fingerprint density at radius 2 is 1.88 bits per heavy atom. The van der Waals surface area contributed by atoms with Crippen LogP contribution in [0.3, 0.4) is 0 Å². The van der Waals surface area contributed by atoms with Crippen molar-refractivity contribution in [3.8, 4) is 5.75 Å². The van der Waals surface area contributed by atoms with Crippen LogP contribution in [0.4, 0.5) is 38.5 Å². The van der Waals surface area contributed by atoms with Crippen molar-refractivity contribution in [2.45, 2.75) is 24.9 Å². The average Bonchev–Trinajstić information content (AvgIpc) is 3.25. The first-order valence-electron chi connectivity index (χ1n) is 9.84. The molecule has 7 nitrogen and oxygen atoms in total. The summed E-state index contributed by atoms with van der Waals surface area (Å²) in [6.45, 7) is 0.655. The number of rotatable bonds is 4. The molecule has 32 heavy (non-hydrogen) atoms. The van der Waals surface area contributed by atoms with Gasteiger partial charge in [0.2, 0.25) is 0 Å². The summed E-state index contributed by atoms with van der Waals surface area (Å²) in [4.78, 5) is 29.7. The third-order valence-corrected chi connectivity index (χ3v) is 5.49. The quantitative estimate of drug-likeness (QED) is 0.715. The van der Waals surface area contributed by atoms with Gasteiger partial charge in [-0.25, -0.2) is 14.0 Å². The van der Waals surface area contributed by atoms with Crippen LogP contribution in [-0.4, -0.2) is 55.5 Å². The number of anilines is 2. The van der Waals surface area contributed by atoms with Gasteiger partial charge in [-0.3, -0.25) is 9.80 Å². The van der Waals surface area contributed by atoms with Crippen LogP contribution in [0.1, 0.15) is 6.42 Å². The largest absolute Gasteiger partial charge is 0.573 e. The first-order valence-corrected chi connectivity index (χ1v) is 9.84. The van der Waals surface area contributed by atoms with Crippen LogP contribution in [0.2, 0.25) is 0 Å². The van der Waals surface area contributed by atoms with Crippen LogP contribution in [-0.2, 0) is 0 Å². The highest BCUT2D eigenvalue weighted by Crippen LogP contribution is 2.32. The van der Waals surface area contributed by atoms with E-state index in [1.807, 2.05) is 0 Å². The lowest BCUT2D eigenvalue weighted by Crippen LogP contribution is -2.45. The Labute approximate surface area is 181 Å². The minimum atomic E-state index is -4.78. The number of nitrogens with one attached hydrogen (secondary N) is 1. The predicted octanol–water partition coefficient (Wildman–Crippen LogP) is 3.95. The summed E-state index contributed by atoms with van der Waals surface area (Å²) >= 11 is 0. The van der Waals surface area contributed by atoms with Crippen LogP contribution >= 0.6 is 0 Å². The SMILES string of the molecule is CN(C(=O)N[C@@H]1C[C@H]2CN(c3ccc(OC(F)(F)F)cc3)C(=O)N2C1)c1cccc(F)c1.